The number of hydrogen-bond donors (Lipinski definition) is 3. The van der Waals surface area contributed by atoms with Crippen molar-refractivity contribution in [2.24, 2.45) is 5.16 Å². The van der Waals surface area contributed by atoms with Crippen molar-refractivity contribution in [1.29, 1.82) is 5.26 Å². The van der Waals surface area contributed by atoms with Gasteiger partial charge in [-0.2, -0.15) is 14.0 Å². The van der Waals surface area contributed by atoms with Crippen LogP contribution in [0.25, 0.3) is 0 Å². The predicted octanol–water partition coefficient (Wildman–Crippen LogP) is 6.00. The summed E-state index contributed by atoms with van der Waals surface area (Å²) in [5.41, 5.74) is 1.26. The van der Waals surface area contributed by atoms with Gasteiger partial charge in [-0.1, -0.05) is 96.2 Å². The summed E-state index contributed by atoms with van der Waals surface area (Å²) >= 11 is 3.56. The minimum Gasteiger partial charge on any atom is -0.477 e. The lowest BCUT2D eigenvalue weighted by molar-refractivity contribution is -0.150. The summed E-state index contributed by atoms with van der Waals surface area (Å²) in [6.07, 6.45) is 1.26. The number of hydrogen-bond acceptors (Lipinski definition) is 11. The second-order valence-corrected chi connectivity index (χ2v) is 14.0. The molecule has 1 unspecified atom stereocenters. The third-order valence-electron chi connectivity index (χ3n) is 8.13. The van der Waals surface area contributed by atoms with Gasteiger partial charge in [-0.15, -0.1) is 34.9 Å². The molecule has 3 heterocycles. The molecule has 4 aromatic rings. The number of aliphatic carboxylic acids is 1. The molecule has 1 fully saturated rings. The number of allylic oxidation sites excluding steroid dienone is 1. The van der Waals surface area contributed by atoms with Crippen molar-refractivity contribution in [2.75, 3.05) is 16.8 Å². The van der Waals surface area contributed by atoms with E-state index in [-0.39, 0.29) is 22.9 Å². The van der Waals surface area contributed by atoms with E-state index in [0.29, 0.717) is 10.7 Å². The summed E-state index contributed by atoms with van der Waals surface area (Å²) in [6, 6.07) is 29.7. The molecule has 6 rings (SSSR count). The van der Waals surface area contributed by atoms with Gasteiger partial charge in [0.2, 0.25) is 0 Å². The number of aromatic nitrogens is 1. The van der Waals surface area contributed by atoms with Crippen LogP contribution in [0.5, 0.6) is 0 Å². The Morgan fingerprint density at radius 3 is 2.21 bits per heavy atom. The topological polar surface area (TPSA) is 157 Å². The molecule has 16 heteroatoms. The van der Waals surface area contributed by atoms with Crippen LogP contribution in [0.1, 0.15) is 22.4 Å². The van der Waals surface area contributed by atoms with Crippen molar-refractivity contribution >= 4 is 63.5 Å². The molecule has 3 aromatic carbocycles. The Bertz CT molecular complexity index is 1980. The van der Waals surface area contributed by atoms with E-state index in [1.165, 1.54) is 40.4 Å². The third-order valence-corrected chi connectivity index (χ3v) is 11.1. The molecule has 1 aromatic heterocycles. The lowest BCUT2D eigenvalue weighted by Crippen LogP contribution is -2.71. The van der Waals surface area contributed by atoms with Crippen LogP contribution >= 0.6 is 34.9 Å². The zero-order chi connectivity index (χ0) is 36.7. The second-order valence-electron chi connectivity index (χ2n) is 11.2. The molecule has 1 saturated heterocycles. The molecule has 0 saturated carbocycles. The number of thioether (sulfide) groups is 2. The molecule has 2 atom stereocenters. The van der Waals surface area contributed by atoms with Crippen molar-refractivity contribution in [3.63, 3.8) is 0 Å². The smallest absolute Gasteiger partial charge is 0.407 e. The van der Waals surface area contributed by atoms with E-state index in [1.54, 1.807) is 0 Å². The molecule has 2 aliphatic rings. The maximum Gasteiger partial charge on any atom is 0.407 e. The fraction of sp³-hybridized carbons (Fsp3) is 0.167. The highest BCUT2D eigenvalue weighted by Crippen LogP contribution is 2.42. The maximum absolute atomic E-state index is 13.7. The summed E-state index contributed by atoms with van der Waals surface area (Å²) in [5.74, 6) is -2.52. The quantitative estimate of drug-likeness (QED) is 0.0458. The van der Waals surface area contributed by atoms with Crippen molar-refractivity contribution in [1.82, 2.24) is 15.2 Å². The molecule has 0 radical (unpaired) electrons. The number of fused-ring (bicyclic) bond motifs is 1. The average molecular weight is 759 g/mol. The van der Waals surface area contributed by atoms with Gasteiger partial charge in [-0.3, -0.25) is 14.5 Å². The van der Waals surface area contributed by atoms with Crippen LogP contribution in [0.2, 0.25) is 0 Å². The number of nitrogens with zero attached hydrogens (tertiary/aromatic N) is 4. The Hall–Kier alpha value is -5.50. The number of alkyl halides is 2. The van der Waals surface area contributed by atoms with Gasteiger partial charge >= 0.3 is 12.6 Å². The SMILES string of the molecule is N#CC=CSCC1=C(C(=O)O)N2C(=O)C(NC(=O)C(=NOC(F)F)c3csc(NC(c4ccccc4)(c4ccccc4)c4ccccc4)n3)[C@@H]2SC1. The molecular formula is C36H28F2N6O5S3. The van der Waals surface area contributed by atoms with Crippen LogP contribution in [0.3, 0.4) is 0 Å². The van der Waals surface area contributed by atoms with Crippen LogP contribution in [0, 0.1) is 11.3 Å². The fourth-order valence-corrected chi connectivity index (χ4v) is 8.83. The molecule has 0 spiro atoms. The summed E-state index contributed by atoms with van der Waals surface area (Å²) < 4.78 is 26.5. The highest BCUT2D eigenvalue weighted by molar-refractivity contribution is 8.02. The normalized spacial score (nSPS) is 17.4. The first-order chi connectivity index (χ1) is 25.2. The Balaban J connectivity index is 1.29. The van der Waals surface area contributed by atoms with E-state index in [0.717, 1.165) is 32.9 Å². The zero-order valence-electron chi connectivity index (χ0n) is 26.9. The van der Waals surface area contributed by atoms with Crippen LogP contribution < -0.4 is 10.6 Å². The highest BCUT2D eigenvalue weighted by Gasteiger charge is 2.54. The fourth-order valence-electron chi connectivity index (χ4n) is 5.91. The number of oxime groups is 1. The number of thiazole rings is 1. The van der Waals surface area contributed by atoms with Gasteiger partial charge in [0.25, 0.3) is 11.8 Å². The lowest BCUT2D eigenvalue weighted by Gasteiger charge is -2.49. The number of carbonyl (C=O) groups excluding carboxylic acids is 2. The monoisotopic (exact) mass is 758 g/mol. The van der Waals surface area contributed by atoms with E-state index < -0.39 is 47.1 Å². The van der Waals surface area contributed by atoms with Crippen molar-refractivity contribution in [2.45, 2.75) is 23.6 Å². The van der Waals surface area contributed by atoms with Gasteiger partial charge in [-0.25, -0.2) is 9.78 Å². The van der Waals surface area contributed by atoms with E-state index >= 15 is 0 Å². The van der Waals surface area contributed by atoms with E-state index in [4.69, 9.17) is 5.26 Å². The van der Waals surface area contributed by atoms with Gasteiger partial charge in [0.05, 0.1) is 6.07 Å². The third kappa shape index (κ3) is 7.42. The first kappa shape index (κ1) is 36.3. The lowest BCUT2D eigenvalue weighted by atomic mass is 9.77. The summed E-state index contributed by atoms with van der Waals surface area (Å²) in [5, 5.41) is 30.7. The van der Waals surface area contributed by atoms with Gasteiger partial charge < -0.3 is 20.6 Å². The molecule has 52 heavy (non-hydrogen) atoms. The van der Waals surface area contributed by atoms with Crippen molar-refractivity contribution in [3.8, 4) is 6.07 Å². The van der Waals surface area contributed by atoms with Crippen molar-refractivity contribution < 1.29 is 33.1 Å². The predicted molar refractivity (Wildman–Crippen MR) is 195 cm³/mol. The van der Waals surface area contributed by atoms with Gasteiger partial charge in [0.1, 0.15) is 28.3 Å². The number of anilines is 1. The van der Waals surface area contributed by atoms with Gasteiger partial charge in [0, 0.05) is 23.0 Å². The van der Waals surface area contributed by atoms with Crippen LogP contribution in [-0.4, -0.2) is 68.0 Å². The molecule has 264 valence electrons. The Kier molecular flexibility index (Phi) is 11.3. The Morgan fingerprint density at radius 2 is 1.67 bits per heavy atom. The minimum atomic E-state index is -3.35. The van der Waals surface area contributed by atoms with E-state index in [1.807, 2.05) is 97.1 Å². The molecule has 0 aliphatic carbocycles. The molecular weight excluding hydrogens is 731 g/mol. The largest absolute Gasteiger partial charge is 0.477 e. The number of carboxylic acid groups (broad SMARTS) is 1. The average Bonchev–Trinajstić information content (AvgIpc) is 3.63. The number of nitrogens with one attached hydrogen (secondary N) is 2. The first-order valence-electron chi connectivity index (χ1n) is 15.5. The Labute approximate surface area is 309 Å². The molecule has 0 bridgehead atoms. The minimum absolute atomic E-state index is 0.0930. The molecule has 3 N–H and O–H groups in total. The Morgan fingerprint density at radius 1 is 1.08 bits per heavy atom. The van der Waals surface area contributed by atoms with Crippen molar-refractivity contribution in [3.05, 3.63) is 142 Å². The summed E-state index contributed by atoms with van der Waals surface area (Å²) in [4.78, 5) is 49.0. The van der Waals surface area contributed by atoms with E-state index in [2.05, 4.69) is 25.6 Å². The number of amides is 2. The van der Waals surface area contributed by atoms with Gasteiger partial charge in [0.15, 0.2) is 10.8 Å². The summed E-state index contributed by atoms with van der Waals surface area (Å²) in [7, 11) is 0. The first-order valence-corrected chi connectivity index (χ1v) is 18.5. The summed E-state index contributed by atoms with van der Waals surface area (Å²) in [6.45, 7) is -3.35. The number of β-lactam (4-membered cyclic amide) rings is 1. The highest BCUT2D eigenvalue weighted by atomic mass is 32.2. The number of carboxylic acids is 1. The maximum atomic E-state index is 13.7. The second kappa shape index (κ2) is 16.2. The van der Waals surface area contributed by atoms with Gasteiger partial charge in [-0.05, 0) is 27.7 Å². The molecule has 11 nitrogen and oxygen atoms in total. The number of carbonyl (C=O) groups is 3. The van der Waals surface area contributed by atoms with Crippen LogP contribution in [-0.2, 0) is 24.8 Å². The molecule has 2 aliphatic heterocycles. The van der Waals surface area contributed by atoms with E-state index in [9.17, 15) is 28.3 Å². The van der Waals surface area contributed by atoms with Crippen LogP contribution in [0.15, 0.2) is 124 Å². The number of nitriles is 1. The number of rotatable bonds is 14. The molecule has 2 amide bonds. The zero-order valence-corrected chi connectivity index (χ0v) is 29.3. The number of halogens is 2. The van der Waals surface area contributed by atoms with Crippen LogP contribution in [0.4, 0.5) is 13.9 Å². The standard InChI is InChI=1S/C36H28F2N6O5S3/c37-34(38)49-43-27(30(45)41-28-31(46)44-29(33(47)48)22(20-51-32(28)44)19-50-18-10-17-39)26-21-52-35(40-26)42-36(23-11-4-1-5-12-23,24-13-6-2-7-14-24)25-15-8-3-9-16-25/h1-16,18,21,28,32,34H,19-20H2,(H,40,42)(H,41,45)(H,47,48)/t28?,32-/m0/s1. The number of benzene rings is 3.